The summed E-state index contributed by atoms with van der Waals surface area (Å²) in [5.74, 6) is 0.954. The van der Waals surface area contributed by atoms with Crippen molar-refractivity contribution in [3.8, 4) is 11.5 Å². The molecule has 0 saturated heterocycles. The number of halogens is 2. The first-order valence-electron chi connectivity index (χ1n) is 8.15. The summed E-state index contributed by atoms with van der Waals surface area (Å²) in [5, 5.41) is 1.46. The van der Waals surface area contributed by atoms with Crippen molar-refractivity contribution in [3.63, 3.8) is 0 Å². The molecule has 0 N–H and O–H groups in total. The van der Waals surface area contributed by atoms with E-state index in [4.69, 9.17) is 13.7 Å². The van der Waals surface area contributed by atoms with Crippen LogP contribution in [0.25, 0.3) is 16.8 Å². The van der Waals surface area contributed by atoms with Crippen LogP contribution in [0.3, 0.4) is 0 Å². The Kier molecular flexibility index (Phi) is 3.95. The van der Waals surface area contributed by atoms with Gasteiger partial charge in [-0.15, -0.1) is 0 Å². The van der Waals surface area contributed by atoms with Gasteiger partial charge in [-0.1, -0.05) is 42.5 Å². The van der Waals surface area contributed by atoms with E-state index < -0.39 is 7.11 Å². The predicted octanol–water partition coefficient (Wildman–Crippen LogP) is 5.05. The summed E-state index contributed by atoms with van der Waals surface area (Å²) in [6, 6.07) is 18.1. The number of carbonyl (C=O) groups excluding carboxylic acids is 1. The number of benzene rings is 3. The van der Waals surface area contributed by atoms with E-state index in [0.717, 1.165) is 16.7 Å². The summed E-state index contributed by atoms with van der Waals surface area (Å²) in [7, 11) is -2.84. The van der Waals surface area contributed by atoms with Crippen molar-refractivity contribution in [2.75, 3.05) is 7.11 Å². The Bertz CT molecular complexity index is 1030. The fourth-order valence-corrected chi connectivity index (χ4v) is 2.95. The van der Waals surface area contributed by atoms with E-state index in [1.807, 2.05) is 30.3 Å². The second-order valence-electron chi connectivity index (χ2n) is 5.90. The Labute approximate surface area is 149 Å². The highest BCUT2D eigenvalue weighted by Gasteiger charge is 2.53. The maximum absolute atomic E-state index is 14.0. The molecule has 0 atom stereocenters. The summed E-state index contributed by atoms with van der Waals surface area (Å²) in [4.78, 5) is 0. The molecule has 6 heteroatoms. The maximum atomic E-state index is 14.0. The Balaban J connectivity index is 1.77. The highest BCUT2D eigenvalue weighted by atomic mass is 19.3. The van der Waals surface area contributed by atoms with Crippen molar-refractivity contribution >= 4 is 29.7 Å². The number of hydrogen-bond acceptors (Lipinski definition) is 2. The molecule has 0 fully saturated rings. The van der Waals surface area contributed by atoms with Gasteiger partial charge >= 0.3 is 7.11 Å². The van der Waals surface area contributed by atoms with Crippen LogP contribution in [0.15, 0.2) is 66.7 Å². The van der Waals surface area contributed by atoms with Crippen LogP contribution in [0.2, 0.25) is 0 Å². The fraction of sp³-hybridized carbons (Fsp3) is 0.0500. The quantitative estimate of drug-likeness (QED) is 0.375. The van der Waals surface area contributed by atoms with Crippen LogP contribution < -0.4 is 9.39 Å². The van der Waals surface area contributed by atoms with Crippen LogP contribution in [0.4, 0.5) is 8.63 Å². The molecule has 0 saturated carbocycles. The van der Waals surface area contributed by atoms with Crippen molar-refractivity contribution < 1.29 is 22.4 Å². The van der Waals surface area contributed by atoms with Crippen LogP contribution in [-0.2, 0) is 0 Å². The summed E-state index contributed by atoms with van der Waals surface area (Å²) < 4.78 is 42.9. The molecular formula is C20H15BF2O3. The van der Waals surface area contributed by atoms with E-state index in [1.165, 1.54) is 6.08 Å². The van der Waals surface area contributed by atoms with Gasteiger partial charge < -0.3 is 22.4 Å². The van der Waals surface area contributed by atoms with Gasteiger partial charge in [-0.3, -0.25) is 0 Å². The molecule has 3 aromatic carbocycles. The van der Waals surface area contributed by atoms with E-state index >= 15 is 0 Å². The molecule has 4 rings (SSSR count). The Hall–Kier alpha value is -3.15. The lowest BCUT2D eigenvalue weighted by Crippen LogP contribution is -2.35. The number of fused-ring (bicyclic) bond motifs is 3. The van der Waals surface area contributed by atoms with E-state index in [0.29, 0.717) is 10.9 Å². The first-order chi connectivity index (χ1) is 12.6. The minimum atomic E-state index is -4.43. The average Bonchev–Trinajstić information content (AvgIpc) is 2.65. The highest BCUT2D eigenvalue weighted by Crippen LogP contribution is 2.36. The van der Waals surface area contributed by atoms with Gasteiger partial charge in [0.25, 0.3) is 5.78 Å². The minimum absolute atomic E-state index is 0.0813. The Morgan fingerprint density at radius 2 is 1.73 bits per heavy atom. The van der Waals surface area contributed by atoms with Gasteiger partial charge in [-0.2, -0.15) is 0 Å². The molecule has 3 nitrogen and oxygen atoms in total. The SMILES string of the molecule is COc1ccc(/C=C/C2=[O+][B-](F)(F)Oc3c2ccc2ccccc32)cc1. The lowest BCUT2D eigenvalue weighted by atomic mass is 9.98. The van der Waals surface area contributed by atoms with Crippen LogP contribution in [0.5, 0.6) is 11.5 Å². The lowest BCUT2D eigenvalue weighted by Gasteiger charge is -2.21. The summed E-state index contributed by atoms with van der Waals surface area (Å²) in [6.45, 7) is 0. The van der Waals surface area contributed by atoms with Gasteiger partial charge in [0, 0.05) is 11.5 Å². The van der Waals surface area contributed by atoms with E-state index in [-0.39, 0.29) is 11.5 Å². The first-order valence-corrected chi connectivity index (χ1v) is 8.15. The zero-order chi connectivity index (χ0) is 18.1. The second kappa shape index (κ2) is 6.30. The van der Waals surface area contributed by atoms with Gasteiger partial charge in [0.2, 0.25) is 0 Å². The lowest BCUT2D eigenvalue weighted by molar-refractivity contribution is -0.179. The molecule has 3 aromatic rings. The van der Waals surface area contributed by atoms with Crippen LogP contribution in [0.1, 0.15) is 15.5 Å². The molecule has 0 aliphatic carbocycles. The second-order valence-corrected chi connectivity index (χ2v) is 5.90. The number of ether oxygens (including phenoxy) is 1. The molecule has 0 bridgehead atoms. The topological polar surface area (TPSA) is 29.8 Å². The summed E-state index contributed by atoms with van der Waals surface area (Å²) in [6.07, 6.45) is 3.25. The van der Waals surface area contributed by atoms with Crippen molar-refractivity contribution in [2.24, 2.45) is 0 Å². The largest absolute Gasteiger partial charge is 0.995 e. The van der Waals surface area contributed by atoms with Gasteiger partial charge in [-0.25, -0.2) is 0 Å². The molecular weight excluding hydrogens is 337 g/mol. The molecule has 0 amide bonds. The predicted molar refractivity (Wildman–Crippen MR) is 98.9 cm³/mol. The van der Waals surface area contributed by atoms with Gasteiger partial charge in [0.05, 0.1) is 7.11 Å². The molecule has 0 aromatic heterocycles. The maximum Gasteiger partial charge on any atom is 0.995 e. The molecule has 0 spiro atoms. The number of allylic oxidation sites excluding steroid dienone is 1. The Morgan fingerprint density at radius 1 is 0.962 bits per heavy atom. The third-order valence-corrected chi connectivity index (χ3v) is 4.21. The molecule has 0 radical (unpaired) electrons. The van der Waals surface area contributed by atoms with Crippen LogP contribution >= 0.6 is 0 Å². The van der Waals surface area contributed by atoms with E-state index in [1.54, 1.807) is 43.5 Å². The van der Waals surface area contributed by atoms with Crippen molar-refractivity contribution in [3.05, 3.63) is 77.9 Å². The first kappa shape index (κ1) is 16.3. The number of methoxy groups -OCH3 is 1. The van der Waals surface area contributed by atoms with E-state index in [2.05, 4.69) is 0 Å². The smallest absolute Gasteiger partial charge is 0.568 e. The normalized spacial score (nSPS) is 15.4. The molecule has 1 aliphatic heterocycles. The minimum Gasteiger partial charge on any atom is -0.568 e. The molecule has 130 valence electrons. The fourth-order valence-electron chi connectivity index (χ4n) is 2.95. The van der Waals surface area contributed by atoms with Crippen LogP contribution in [0, 0.1) is 0 Å². The zero-order valence-corrected chi connectivity index (χ0v) is 14.0. The monoisotopic (exact) mass is 352 g/mol. The van der Waals surface area contributed by atoms with E-state index in [9.17, 15) is 8.63 Å². The average molecular weight is 352 g/mol. The standard InChI is InChI=1S/C20H15BF2O3/c1-24-16-10-6-14(7-11-16)8-13-19-18-12-9-15-4-2-3-5-17(15)20(18)26-21(22,23)25-19/h2-13H,1H3/b13-8+. The summed E-state index contributed by atoms with van der Waals surface area (Å²) in [5.41, 5.74) is 1.34. The zero-order valence-electron chi connectivity index (χ0n) is 14.0. The number of hydrogen-bond donors (Lipinski definition) is 0. The molecule has 1 aliphatic rings. The number of ketones is 1. The highest BCUT2D eigenvalue weighted by molar-refractivity contribution is 6.52. The number of rotatable bonds is 3. The van der Waals surface area contributed by atoms with Gasteiger partial charge in [0.1, 0.15) is 17.1 Å². The van der Waals surface area contributed by atoms with Crippen molar-refractivity contribution in [1.82, 2.24) is 0 Å². The van der Waals surface area contributed by atoms with Gasteiger partial charge in [0.15, 0.2) is 0 Å². The van der Waals surface area contributed by atoms with Crippen molar-refractivity contribution in [1.29, 1.82) is 0 Å². The third kappa shape index (κ3) is 3.06. The molecule has 1 heterocycles. The van der Waals surface area contributed by atoms with Crippen LogP contribution in [-0.4, -0.2) is 20.0 Å². The van der Waals surface area contributed by atoms with Crippen molar-refractivity contribution in [2.45, 2.75) is 0 Å². The molecule has 0 unspecified atom stereocenters. The third-order valence-electron chi connectivity index (χ3n) is 4.21. The Morgan fingerprint density at radius 3 is 2.50 bits per heavy atom. The van der Waals surface area contributed by atoms with Gasteiger partial charge in [-0.05, 0) is 35.2 Å². The summed E-state index contributed by atoms with van der Waals surface area (Å²) >= 11 is 0. The molecule has 26 heavy (non-hydrogen) atoms.